The number of allylic oxidation sites excluding steroid dienone is 6. The van der Waals surface area contributed by atoms with Gasteiger partial charge in [-0.3, -0.25) is 9.59 Å². The van der Waals surface area contributed by atoms with Gasteiger partial charge in [-0.15, -0.1) is 0 Å². The van der Waals surface area contributed by atoms with Crippen molar-refractivity contribution in [2.75, 3.05) is 13.2 Å². The normalized spacial score (nSPS) is 12.6. The lowest BCUT2D eigenvalue weighted by Gasteiger charge is -2.22. The molecule has 0 spiro atoms. The van der Waals surface area contributed by atoms with E-state index in [2.05, 4.69) is 55.6 Å². The van der Waals surface area contributed by atoms with Crippen molar-refractivity contribution in [1.82, 2.24) is 5.32 Å². The van der Waals surface area contributed by atoms with Gasteiger partial charge in [0.15, 0.2) is 0 Å². The minimum absolute atomic E-state index is 0.0118. The quantitative estimate of drug-likeness (QED) is 0.0320. The fourth-order valence-corrected chi connectivity index (χ4v) is 13.3. The average molecular weight is 1280 g/mol. The predicted molar refractivity (Wildman–Crippen MR) is 403 cm³/mol. The van der Waals surface area contributed by atoms with Crippen molar-refractivity contribution in [3.8, 4) is 0 Å². The van der Waals surface area contributed by atoms with E-state index in [0.717, 1.165) is 51.4 Å². The monoisotopic (exact) mass is 1280 g/mol. The molecule has 0 saturated carbocycles. The summed E-state index contributed by atoms with van der Waals surface area (Å²) in [5.74, 6) is -0.0143. The lowest BCUT2D eigenvalue weighted by atomic mass is 10.0. The maximum atomic E-state index is 12.6. The van der Waals surface area contributed by atoms with Crippen LogP contribution in [-0.2, 0) is 14.3 Å². The summed E-state index contributed by atoms with van der Waals surface area (Å²) in [6.07, 6.45) is 105. The number of amides is 1. The molecule has 6 nitrogen and oxygen atoms in total. The van der Waals surface area contributed by atoms with Crippen LogP contribution in [0.4, 0.5) is 0 Å². The Labute approximate surface area is 570 Å². The number of carbonyl (C=O) groups excluding carboxylic acids is 2. The summed E-state index contributed by atoms with van der Waals surface area (Å²) in [5, 5.41) is 23.5. The van der Waals surface area contributed by atoms with Crippen LogP contribution >= 0.6 is 0 Å². The Balaban J connectivity index is 3.35. The third-order valence-electron chi connectivity index (χ3n) is 19.7. The maximum absolute atomic E-state index is 12.6. The molecule has 0 aliphatic carbocycles. The summed E-state index contributed by atoms with van der Waals surface area (Å²) in [6.45, 7) is 4.98. The van der Waals surface area contributed by atoms with Gasteiger partial charge in [-0.05, 0) is 83.5 Å². The van der Waals surface area contributed by atoms with Crippen molar-refractivity contribution in [2.24, 2.45) is 0 Å². The van der Waals surface area contributed by atoms with E-state index in [9.17, 15) is 19.8 Å². The first-order valence-corrected chi connectivity index (χ1v) is 41.7. The van der Waals surface area contributed by atoms with Crippen LogP contribution in [0.2, 0.25) is 0 Å². The molecule has 91 heavy (non-hydrogen) atoms. The highest BCUT2D eigenvalue weighted by Gasteiger charge is 2.20. The molecule has 0 aromatic heterocycles. The van der Waals surface area contributed by atoms with Crippen LogP contribution in [0, 0.1) is 0 Å². The van der Waals surface area contributed by atoms with Gasteiger partial charge < -0.3 is 20.3 Å². The number of esters is 1. The Morgan fingerprint density at radius 2 is 0.549 bits per heavy atom. The van der Waals surface area contributed by atoms with Crippen molar-refractivity contribution in [2.45, 2.75) is 482 Å². The van der Waals surface area contributed by atoms with E-state index in [0.29, 0.717) is 25.9 Å². The topological polar surface area (TPSA) is 95.9 Å². The number of aliphatic hydroxyl groups excluding tert-OH is 2. The molecule has 0 rings (SSSR count). The second-order valence-electron chi connectivity index (χ2n) is 28.8. The largest absolute Gasteiger partial charge is 0.466 e. The molecule has 3 N–H and O–H groups in total. The fourth-order valence-electron chi connectivity index (χ4n) is 13.3. The standard InChI is InChI=1S/C85H163NO5/c1-3-5-7-9-11-13-15-17-19-21-22-23-24-36-39-42-46-49-53-57-61-65-69-73-77-83(88)82(81-87)86-84(89)78-74-70-66-62-58-54-50-47-43-40-37-34-32-30-28-26-25-27-29-31-33-35-38-41-44-48-52-56-60-64-68-72-76-80-91-85(90)79-75-71-67-63-59-55-51-45-20-18-16-14-12-10-8-6-4-2/h12,14,18,20,29,31,82-83,87-88H,3-11,13,15-17,19,21-28,30,32-81H2,1-2H3,(H,86,89)/b14-12-,20-18-,31-29-. The SMILES string of the molecule is CCCCC/C=C\C/C=C\CCCCCCCCCC(=O)OCCCCCCCCCCCCCC/C=C\CCCCCCCCCCCCCCCCCCCC(=O)NC(CO)C(O)CCCCCCCCCCCCCCCCCCCCCCCCCC. The number of unbranched alkanes of at least 4 members (excludes halogenated alkanes) is 62. The van der Waals surface area contributed by atoms with Gasteiger partial charge in [0.05, 0.1) is 25.4 Å². The van der Waals surface area contributed by atoms with Crippen LogP contribution < -0.4 is 5.32 Å². The molecular weight excluding hydrogens is 1110 g/mol. The number of hydrogen-bond acceptors (Lipinski definition) is 5. The van der Waals surface area contributed by atoms with Gasteiger partial charge in [0.25, 0.3) is 0 Å². The molecule has 2 atom stereocenters. The van der Waals surface area contributed by atoms with Crippen LogP contribution in [0.25, 0.3) is 0 Å². The molecule has 0 bridgehead atoms. The van der Waals surface area contributed by atoms with E-state index in [1.807, 2.05) is 0 Å². The summed E-state index contributed by atoms with van der Waals surface area (Å²) in [6, 6.07) is -0.541. The van der Waals surface area contributed by atoms with Gasteiger partial charge >= 0.3 is 5.97 Å². The number of aliphatic hydroxyl groups is 2. The highest BCUT2D eigenvalue weighted by Crippen LogP contribution is 2.20. The second kappa shape index (κ2) is 80.5. The fraction of sp³-hybridized carbons (Fsp3) is 0.906. The molecule has 0 aromatic carbocycles. The summed E-state index contributed by atoms with van der Waals surface area (Å²) in [4.78, 5) is 24.7. The Morgan fingerprint density at radius 3 is 0.868 bits per heavy atom. The van der Waals surface area contributed by atoms with Gasteiger partial charge in [-0.1, -0.05) is 410 Å². The number of rotatable bonds is 79. The molecule has 2 unspecified atom stereocenters. The summed E-state index contributed by atoms with van der Waals surface area (Å²) < 4.78 is 5.51. The molecular formula is C85H163NO5. The molecule has 0 aliphatic heterocycles. The highest BCUT2D eigenvalue weighted by molar-refractivity contribution is 5.76. The third kappa shape index (κ3) is 77.0. The van der Waals surface area contributed by atoms with Gasteiger partial charge in [-0.2, -0.15) is 0 Å². The minimum atomic E-state index is -0.664. The zero-order chi connectivity index (χ0) is 65.6. The van der Waals surface area contributed by atoms with Crippen molar-refractivity contribution in [3.63, 3.8) is 0 Å². The van der Waals surface area contributed by atoms with Crippen LogP contribution in [-0.4, -0.2) is 47.4 Å². The van der Waals surface area contributed by atoms with Gasteiger partial charge in [-0.25, -0.2) is 0 Å². The zero-order valence-electron chi connectivity index (χ0n) is 61.9. The van der Waals surface area contributed by atoms with Crippen LogP contribution in [0.3, 0.4) is 0 Å². The van der Waals surface area contributed by atoms with Crippen LogP contribution in [0.1, 0.15) is 470 Å². The molecule has 0 aromatic rings. The van der Waals surface area contributed by atoms with E-state index in [1.165, 1.54) is 385 Å². The summed E-state index contributed by atoms with van der Waals surface area (Å²) in [7, 11) is 0. The molecule has 0 aliphatic rings. The van der Waals surface area contributed by atoms with Crippen molar-refractivity contribution >= 4 is 11.9 Å². The number of carbonyl (C=O) groups is 2. The molecule has 0 fully saturated rings. The van der Waals surface area contributed by atoms with Crippen molar-refractivity contribution in [1.29, 1.82) is 0 Å². The lowest BCUT2D eigenvalue weighted by Crippen LogP contribution is -2.45. The average Bonchev–Trinajstić information content (AvgIpc) is 3.73. The summed E-state index contributed by atoms with van der Waals surface area (Å²) in [5.41, 5.74) is 0. The van der Waals surface area contributed by atoms with E-state index in [1.54, 1.807) is 0 Å². The Hall–Kier alpha value is -1.92. The predicted octanol–water partition coefficient (Wildman–Crippen LogP) is 27.8. The first-order valence-electron chi connectivity index (χ1n) is 41.7. The minimum Gasteiger partial charge on any atom is -0.466 e. The summed E-state index contributed by atoms with van der Waals surface area (Å²) >= 11 is 0. The first-order chi connectivity index (χ1) is 45.0. The second-order valence-corrected chi connectivity index (χ2v) is 28.8. The zero-order valence-corrected chi connectivity index (χ0v) is 61.9. The Morgan fingerprint density at radius 1 is 0.308 bits per heavy atom. The van der Waals surface area contributed by atoms with E-state index in [4.69, 9.17) is 4.74 Å². The van der Waals surface area contributed by atoms with E-state index in [-0.39, 0.29) is 18.5 Å². The van der Waals surface area contributed by atoms with Gasteiger partial charge in [0.2, 0.25) is 5.91 Å². The molecule has 1 amide bonds. The smallest absolute Gasteiger partial charge is 0.305 e. The van der Waals surface area contributed by atoms with E-state index >= 15 is 0 Å². The van der Waals surface area contributed by atoms with Gasteiger partial charge in [0, 0.05) is 12.8 Å². The molecule has 0 saturated heterocycles. The molecule has 0 radical (unpaired) electrons. The number of nitrogens with one attached hydrogen (secondary N) is 1. The van der Waals surface area contributed by atoms with Crippen LogP contribution in [0.5, 0.6) is 0 Å². The van der Waals surface area contributed by atoms with E-state index < -0.39 is 12.1 Å². The van der Waals surface area contributed by atoms with Crippen LogP contribution in [0.15, 0.2) is 36.5 Å². The maximum Gasteiger partial charge on any atom is 0.305 e. The van der Waals surface area contributed by atoms with Crippen molar-refractivity contribution in [3.05, 3.63) is 36.5 Å². The third-order valence-corrected chi connectivity index (χ3v) is 19.7. The lowest BCUT2D eigenvalue weighted by molar-refractivity contribution is -0.143. The molecule has 6 heteroatoms. The highest BCUT2D eigenvalue weighted by atomic mass is 16.5. The molecule has 0 heterocycles. The van der Waals surface area contributed by atoms with Crippen molar-refractivity contribution < 1.29 is 24.5 Å². The van der Waals surface area contributed by atoms with Gasteiger partial charge in [0.1, 0.15) is 0 Å². The first kappa shape index (κ1) is 89.1. The Kier molecular flexibility index (Phi) is 78.8. The number of hydrogen-bond donors (Lipinski definition) is 3. The number of ether oxygens (including phenoxy) is 1. The molecule has 538 valence electrons. The Bertz CT molecular complexity index is 1470.